The topological polar surface area (TPSA) is 90.6 Å². The molecule has 3 N–H and O–H groups in total. The van der Waals surface area contributed by atoms with E-state index >= 15 is 0 Å². The highest BCUT2D eigenvalue weighted by Crippen LogP contribution is 2.25. The van der Waals surface area contributed by atoms with Gasteiger partial charge in [0.2, 0.25) is 5.91 Å². The minimum atomic E-state index is -0.564. The quantitative estimate of drug-likeness (QED) is 0.591. The second-order valence-electron chi connectivity index (χ2n) is 3.76. The van der Waals surface area contributed by atoms with Crippen molar-refractivity contribution in [3.05, 3.63) is 23.8 Å². The molecule has 104 valence electrons. The van der Waals surface area contributed by atoms with E-state index in [1.54, 1.807) is 18.2 Å². The SMILES string of the molecule is CCNC(=O)CCOc1cccc(N)c1C(=O)OC. The Morgan fingerprint density at radius 3 is 2.74 bits per heavy atom. The molecule has 6 heteroatoms. The van der Waals surface area contributed by atoms with E-state index in [9.17, 15) is 9.59 Å². The Morgan fingerprint density at radius 2 is 2.11 bits per heavy atom. The van der Waals surface area contributed by atoms with E-state index in [2.05, 4.69) is 10.1 Å². The van der Waals surface area contributed by atoms with Crippen molar-refractivity contribution in [3.8, 4) is 5.75 Å². The third-order valence-electron chi connectivity index (χ3n) is 2.41. The maximum Gasteiger partial charge on any atom is 0.343 e. The van der Waals surface area contributed by atoms with E-state index in [1.807, 2.05) is 6.92 Å². The van der Waals surface area contributed by atoms with Crippen LogP contribution in [0.4, 0.5) is 5.69 Å². The Morgan fingerprint density at radius 1 is 1.37 bits per heavy atom. The summed E-state index contributed by atoms with van der Waals surface area (Å²) in [4.78, 5) is 22.9. The zero-order chi connectivity index (χ0) is 14.3. The van der Waals surface area contributed by atoms with Crippen molar-refractivity contribution < 1.29 is 19.1 Å². The van der Waals surface area contributed by atoms with Crippen molar-refractivity contribution in [3.63, 3.8) is 0 Å². The highest BCUT2D eigenvalue weighted by molar-refractivity contribution is 5.98. The van der Waals surface area contributed by atoms with Gasteiger partial charge in [0.05, 0.1) is 20.1 Å². The molecular formula is C13H18N2O4. The Labute approximate surface area is 111 Å². The summed E-state index contributed by atoms with van der Waals surface area (Å²) >= 11 is 0. The molecule has 0 aliphatic rings. The molecule has 0 saturated carbocycles. The number of benzene rings is 1. The van der Waals surface area contributed by atoms with Gasteiger partial charge in [-0.05, 0) is 19.1 Å². The lowest BCUT2D eigenvalue weighted by molar-refractivity contribution is -0.121. The Balaban J connectivity index is 2.70. The number of hydrogen-bond donors (Lipinski definition) is 2. The summed E-state index contributed by atoms with van der Waals surface area (Å²) in [6.45, 7) is 2.58. The Kier molecular flexibility index (Phi) is 5.66. The van der Waals surface area contributed by atoms with Crippen LogP contribution >= 0.6 is 0 Å². The first kappa shape index (κ1) is 14.8. The molecule has 0 spiro atoms. The molecule has 0 atom stereocenters. The molecule has 0 unspecified atom stereocenters. The first-order valence-electron chi connectivity index (χ1n) is 5.96. The third-order valence-corrected chi connectivity index (χ3v) is 2.41. The molecule has 0 fully saturated rings. The number of nitrogens with one attached hydrogen (secondary N) is 1. The fourth-order valence-electron chi connectivity index (χ4n) is 1.53. The number of nitrogen functional groups attached to an aromatic ring is 1. The minimum Gasteiger partial charge on any atom is -0.492 e. The van der Waals surface area contributed by atoms with Gasteiger partial charge in [-0.15, -0.1) is 0 Å². The van der Waals surface area contributed by atoms with Gasteiger partial charge in [0, 0.05) is 12.2 Å². The number of rotatable bonds is 6. The number of esters is 1. The molecule has 1 rings (SSSR count). The fraction of sp³-hybridized carbons (Fsp3) is 0.385. The van der Waals surface area contributed by atoms with Gasteiger partial charge in [0.1, 0.15) is 11.3 Å². The summed E-state index contributed by atoms with van der Waals surface area (Å²) < 4.78 is 10.1. The summed E-state index contributed by atoms with van der Waals surface area (Å²) in [6, 6.07) is 4.87. The molecular weight excluding hydrogens is 248 g/mol. The summed E-state index contributed by atoms with van der Waals surface area (Å²) in [5.74, 6) is -0.353. The predicted molar refractivity (Wildman–Crippen MR) is 71.0 cm³/mol. The maximum absolute atomic E-state index is 11.6. The average Bonchev–Trinajstić information content (AvgIpc) is 2.38. The van der Waals surface area contributed by atoms with Crippen LogP contribution in [0.25, 0.3) is 0 Å². The summed E-state index contributed by atoms with van der Waals surface area (Å²) in [7, 11) is 1.27. The van der Waals surface area contributed by atoms with Gasteiger partial charge in [0.25, 0.3) is 0 Å². The third kappa shape index (κ3) is 4.17. The highest BCUT2D eigenvalue weighted by atomic mass is 16.5. The number of ether oxygens (including phenoxy) is 2. The second-order valence-corrected chi connectivity index (χ2v) is 3.76. The smallest absolute Gasteiger partial charge is 0.343 e. The van der Waals surface area contributed by atoms with Gasteiger partial charge in [-0.25, -0.2) is 4.79 Å². The Bertz CT molecular complexity index is 460. The van der Waals surface area contributed by atoms with Crippen molar-refractivity contribution in [1.82, 2.24) is 5.32 Å². The van der Waals surface area contributed by atoms with Crippen LogP contribution in [0.15, 0.2) is 18.2 Å². The maximum atomic E-state index is 11.6. The van der Waals surface area contributed by atoms with E-state index in [-0.39, 0.29) is 30.2 Å². The lowest BCUT2D eigenvalue weighted by atomic mass is 10.1. The van der Waals surface area contributed by atoms with Crippen LogP contribution < -0.4 is 15.8 Å². The second kappa shape index (κ2) is 7.25. The first-order chi connectivity index (χ1) is 9.10. The zero-order valence-corrected chi connectivity index (χ0v) is 11.1. The van der Waals surface area contributed by atoms with E-state index in [1.165, 1.54) is 7.11 Å². The first-order valence-corrected chi connectivity index (χ1v) is 5.96. The molecule has 0 saturated heterocycles. The van der Waals surface area contributed by atoms with Crippen molar-refractivity contribution in [1.29, 1.82) is 0 Å². The number of carbonyl (C=O) groups excluding carboxylic acids is 2. The van der Waals surface area contributed by atoms with Crippen molar-refractivity contribution in [2.75, 3.05) is 26.0 Å². The normalized spacial score (nSPS) is 9.79. The van der Waals surface area contributed by atoms with Gasteiger partial charge in [-0.2, -0.15) is 0 Å². The fourth-order valence-corrected chi connectivity index (χ4v) is 1.53. The van der Waals surface area contributed by atoms with E-state index < -0.39 is 5.97 Å². The van der Waals surface area contributed by atoms with E-state index in [0.717, 1.165) is 0 Å². The van der Waals surface area contributed by atoms with Gasteiger partial charge < -0.3 is 20.5 Å². The van der Waals surface area contributed by atoms with Gasteiger partial charge >= 0.3 is 5.97 Å². The molecule has 1 amide bonds. The molecule has 1 aromatic rings. The van der Waals surface area contributed by atoms with Crippen LogP contribution in [0.5, 0.6) is 5.75 Å². The van der Waals surface area contributed by atoms with Crippen LogP contribution in [0.1, 0.15) is 23.7 Å². The van der Waals surface area contributed by atoms with Crippen LogP contribution in [0.3, 0.4) is 0 Å². The molecule has 0 aliphatic carbocycles. The Hall–Kier alpha value is -2.24. The van der Waals surface area contributed by atoms with Crippen LogP contribution in [-0.2, 0) is 9.53 Å². The lowest BCUT2D eigenvalue weighted by Gasteiger charge is -2.11. The number of carbonyl (C=O) groups is 2. The molecule has 0 radical (unpaired) electrons. The van der Waals surface area contributed by atoms with Crippen molar-refractivity contribution in [2.24, 2.45) is 0 Å². The predicted octanol–water partition coefficient (Wildman–Crippen LogP) is 0.960. The van der Waals surface area contributed by atoms with Crippen LogP contribution in [0, 0.1) is 0 Å². The monoisotopic (exact) mass is 266 g/mol. The number of methoxy groups -OCH3 is 1. The summed E-state index contributed by atoms with van der Waals surface area (Å²) in [5, 5.41) is 2.66. The molecule has 19 heavy (non-hydrogen) atoms. The number of amides is 1. The highest BCUT2D eigenvalue weighted by Gasteiger charge is 2.16. The molecule has 0 heterocycles. The summed E-state index contributed by atoms with van der Waals surface area (Å²) in [6.07, 6.45) is 0.212. The lowest BCUT2D eigenvalue weighted by Crippen LogP contribution is -2.24. The molecule has 1 aromatic carbocycles. The molecule has 0 aliphatic heterocycles. The molecule has 6 nitrogen and oxygen atoms in total. The number of anilines is 1. The van der Waals surface area contributed by atoms with Crippen LogP contribution in [-0.4, -0.2) is 32.1 Å². The molecule has 0 bridgehead atoms. The van der Waals surface area contributed by atoms with Crippen LogP contribution in [0.2, 0.25) is 0 Å². The standard InChI is InChI=1S/C13H18N2O4/c1-3-15-11(16)7-8-19-10-6-4-5-9(14)12(10)13(17)18-2/h4-6H,3,7-8,14H2,1-2H3,(H,15,16). The van der Waals surface area contributed by atoms with E-state index in [0.29, 0.717) is 12.3 Å². The zero-order valence-electron chi connectivity index (χ0n) is 11.1. The van der Waals surface area contributed by atoms with Gasteiger partial charge in [-0.1, -0.05) is 6.07 Å². The van der Waals surface area contributed by atoms with E-state index in [4.69, 9.17) is 10.5 Å². The molecule has 0 aromatic heterocycles. The summed E-state index contributed by atoms with van der Waals surface area (Å²) in [5.41, 5.74) is 6.18. The van der Waals surface area contributed by atoms with Gasteiger partial charge in [0.15, 0.2) is 0 Å². The van der Waals surface area contributed by atoms with Gasteiger partial charge in [-0.3, -0.25) is 4.79 Å². The van der Waals surface area contributed by atoms with Crippen molar-refractivity contribution >= 4 is 17.6 Å². The largest absolute Gasteiger partial charge is 0.492 e. The average molecular weight is 266 g/mol. The number of nitrogens with two attached hydrogens (primary N) is 1. The number of hydrogen-bond acceptors (Lipinski definition) is 5. The minimum absolute atomic E-state index is 0.106. The van der Waals surface area contributed by atoms with Crippen molar-refractivity contribution in [2.45, 2.75) is 13.3 Å².